The normalized spacial score (nSPS) is 12.4. The highest BCUT2D eigenvalue weighted by Gasteiger charge is 2.25. The van der Waals surface area contributed by atoms with Gasteiger partial charge >= 0.3 is 0 Å². The van der Waals surface area contributed by atoms with Crippen molar-refractivity contribution in [1.29, 1.82) is 0 Å². The number of nitrogens with zero attached hydrogens (tertiary/aromatic N) is 2. The fraction of sp³-hybridized carbons (Fsp3) is 0.130. The molecule has 1 aliphatic carbocycles. The molecule has 1 amide bonds. The van der Waals surface area contributed by atoms with Gasteiger partial charge in [0.2, 0.25) is 0 Å². The van der Waals surface area contributed by atoms with Gasteiger partial charge in [0.15, 0.2) is 5.76 Å². The van der Waals surface area contributed by atoms with Crippen LogP contribution in [0.2, 0.25) is 8.67 Å². The molecule has 150 valence electrons. The fourth-order valence-electron chi connectivity index (χ4n) is 3.83. The van der Waals surface area contributed by atoms with Gasteiger partial charge in [-0.3, -0.25) is 4.79 Å². The van der Waals surface area contributed by atoms with Gasteiger partial charge in [0.25, 0.3) is 5.91 Å². The maximum absolute atomic E-state index is 12.8. The van der Waals surface area contributed by atoms with E-state index >= 15 is 0 Å². The average Bonchev–Trinajstić information content (AvgIpc) is 3.35. The lowest BCUT2D eigenvalue weighted by molar-refractivity contribution is 0.0993. The van der Waals surface area contributed by atoms with Crippen molar-refractivity contribution in [3.63, 3.8) is 0 Å². The lowest BCUT2D eigenvalue weighted by Crippen LogP contribution is -2.25. The number of thiophene rings is 1. The Bertz CT molecular complexity index is 1260. The first-order chi connectivity index (χ1) is 14.5. The quantitative estimate of drug-likeness (QED) is 0.343. The number of carbonyl (C=O) groups is 1. The molecule has 4 aromatic rings. The van der Waals surface area contributed by atoms with E-state index in [-0.39, 0.29) is 5.91 Å². The third-order valence-electron chi connectivity index (χ3n) is 5.41. The summed E-state index contributed by atoms with van der Waals surface area (Å²) in [6.07, 6.45) is 1.86. The van der Waals surface area contributed by atoms with Gasteiger partial charge in [0, 0.05) is 29.4 Å². The van der Waals surface area contributed by atoms with E-state index in [0.717, 1.165) is 46.7 Å². The number of aromatic nitrogens is 1. The van der Waals surface area contributed by atoms with E-state index in [1.54, 1.807) is 18.0 Å². The Morgan fingerprint density at radius 3 is 2.60 bits per heavy atom. The van der Waals surface area contributed by atoms with Crippen LogP contribution in [0.1, 0.15) is 21.5 Å². The molecular weight excluding hydrogens is 439 g/mol. The predicted octanol–water partition coefficient (Wildman–Crippen LogP) is 6.75. The molecule has 0 saturated heterocycles. The molecular formula is C23H16Cl2N2O2S. The standard InChI is InChI=1S/C23H16Cl2N2O2S/c1-27(23(28)18-12-19(24)30-22(18)25)15-9-6-14(7-10-15)21-17-11-8-13-4-2-3-5-16(13)20(17)26-29-21/h2-7,9-10,12H,8,11H2,1H3. The van der Waals surface area contributed by atoms with Crippen LogP contribution in [-0.2, 0) is 12.8 Å². The molecule has 5 rings (SSSR count). The number of amides is 1. The van der Waals surface area contributed by atoms with Crippen LogP contribution in [0.25, 0.3) is 22.6 Å². The van der Waals surface area contributed by atoms with Gasteiger partial charge < -0.3 is 9.42 Å². The molecule has 0 radical (unpaired) electrons. The molecule has 0 saturated carbocycles. The van der Waals surface area contributed by atoms with E-state index < -0.39 is 0 Å². The molecule has 0 bridgehead atoms. The molecule has 7 heteroatoms. The van der Waals surface area contributed by atoms with Crippen molar-refractivity contribution in [2.45, 2.75) is 12.8 Å². The number of aryl methyl sites for hydroxylation is 1. The van der Waals surface area contributed by atoms with Crippen molar-refractivity contribution in [1.82, 2.24) is 5.16 Å². The van der Waals surface area contributed by atoms with E-state index in [1.165, 1.54) is 16.9 Å². The number of carbonyl (C=O) groups excluding carboxylic acids is 1. The lowest BCUT2D eigenvalue weighted by atomic mass is 9.88. The van der Waals surface area contributed by atoms with Gasteiger partial charge in [-0.2, -0.15) is 0 Å². The van der Waals surface area contributed by atoms with Crippen LogP contribution in [0.3, 0.4) is 0 Å². The summed E-state index contributed by atoms with van der Waals surface area (Å²) in [6, 6.07) is 17.6. The first kappa shape index (κ1) is 19.4. The van der Waals surface area contributed by atoms with Crippen LogP contribution in [0.15, 0.2) is 59.1 Å². The smallest absolute Gasteiger partial charge is 0.260 e. The zero-order valence-corrected chi connectivity index (χ0v) is 18.3. The lowest BCUT2D eigenvalue weighted by Gasteiger charge is -2.17. The second-order valence-corrected chi connectivity index (χ2v) is 9.43. The monoisotopic (exact) mass is 454 g/mol. The fourth-order valence-corrected chi connectivity index (χ4v) is 5.28. The topological polar surface area (TPSA) is 46.3 Å². The van der Waals surface area contributed by atoms with Crippen molar-refractivity contribution in [3.05, 3.63) is 80.0 Å². The highest BCUT2D eigenvalue weighted by Crippen LogP contribution is 2.39. The number of anilines is 1. The zero-order chi connectivity index (χ0) is 20.8. The second-order valence-electron chi connectivity index (χ2n) is 7.14. The molecule has 0 aliphatic heterocycles. The molecule has 0 spiro atoms. The summed E-state index contributed by atoms with van der Waals surface area (Å²) in [4.78, 5) is 14.3. The molecule has 0 fully saturated rings. The Labute approximate surface area is 187 Å². The highest BCUT2D eigenvalue weighted by molar-refractivity contribution is 7.20. The Hall–Kier alpha value is -2.60. The van der Waals surface area contributed by atoms with Gasteiger partial charge in [-0.1, -0.05) is 52.6 Å². The molecule has 0 unspecified atom stereocenters. The molecule has 0 N–H and O–H groups in total. The second kappa shape index (κ2) is 7.58. The maximum atomic E-state index is 12.8. The van der Waals surface area contributed by atoms with Gasteiger partial charge in [-0.05, 0) is 48.7 Å². The SMILES string of the molecule is CN(C(=O)c1cc(Cl)sc1Cl)c1ccc(-c2onc3c2CCc2ccccc2-3)cc1. The average molecular weight is 455 g/mol. The van der Waals surface area contributed by atoms with Crippen LogP contribution in [0.5, 0.6) is 0 Å². The third-order valence-corrected chi connectivity index (χ3v) is 6.90. The van der Waals surface area contributed by atoms with Gasteiger partial charge in [0.1, 0.15) is 10.0 Å². The van der Waals surface area contributed by atoms with E-state index in [4.69, 9.17) is 27.7 Å². The van der Waals surface area contributed by atoms with Gasteiger partial charge in [-0.15, -0.1) is 11.3 Å². The van der Waals surface area contributed by atoms with Crippen molar-refractivity contribution in [2.24, 2.45) is 0 Å². The summed E-state index contributed by atoms with van der Waals surface area (Å²) < 4.78 is 6.62. The largest absolute Gasteiger partial charge is 0.355 e. The summed E-state index contributed by atoms with van der Waals surface area (Å²) in [5, 5.41) is 4.35. The molecule has 0 atom stereocenters. The van der Waals surface area contributed by atoms with Crippen LogP contribution >= 0.6 is 34.5 Å². The van der Waals surface area contributed by atoms with E-state index in [1.807, 2.05) is 30.3 Å². The van der Waals surface area contributed by atoms with Crippen LogP contribution in [0.4, 0.5) is 5.69 Å². The maximum Gasteiger partial charge on any atom is 0.260 e. The third kappa shape index (κ3) is 3.23. The van der Waals surface area contributed by atoms with E-state index in [0.29, 0.717) is 14.2 Å². The molecule has 2 heterocycles. The predicted molar refractivity (Wildman–Crippen MR) is 122 cm³/mol. The minimum absolute atomic E-state index is 0.204. The Morgan fingerprint density at radius 2 is 1.87 bits per heavy atom. The number of fused-ring (bicyclic) bond motifs is 3. The first-order valence-electron chi connectivity index (χ1n) is 9.43. The summed E-state index contributed by atoms with van der Waals surface area (Å²) in [5.41, 5.74) is 6.58. The van der Waals surface area contributed by atoms with Crippen molar-refractivity contribution >= 4 is 46.1 Å². The van der Waals surface area contributed by atoms with Crippen molar-refractivity contribution < 1.29 is 9.32 Å². The highest BCUT2D eigenvalue weighted by atomic mass is 35.5. The van der Waals surface area contributed by atoms with Crippen LogP contribution in [0, 0.1) is 0 Å². The number of halogens is 2. The van der Waals surface area contributed by atoms with E-state index in [9.17, 15) is 4.79 Å². The minimum Gasteiger partial charge on any atom is -0.355 e. The van der Waals surface area contributed by atoms with Crippen LogP contribution < -0.4 is 4.90 Å². The zero-order valence-electron chi connectivity index (χ0n) is 16.0. The van der Waals surface area contributed by atoms with Gasteiger partial charge in [-0.25, -0.2) is 0 Å². The van der Waals surface area contributed by atoms with Gasteiger partial charge in [0.05, 0.1) is 9.90 Å². The Kier molecular flexibility index (Phi) is 4.89. The number of hydrogen-bond acceptors (Lipinski definition) is 4. The Balaban J connectivity index is 1.43. The summed E-state index contributed by atoms with van der Waals surface area (Å²) in [7, 11) is 1.71. The first-order valence-corrected chi connectivity index (χ1v) is 11.0. The number of rotatable bonds is 3. The number of hydrogen-bond donors (Lipinski definition) is 0. The van der Waals surface area contributed by atoms with Crippen molar-refractivity contribution in [2.75, 3.05) is 11.9 Å². The van der Waals surface area contributed by atoms with Crippen LogP contribution in [-0.4, -0.2) is 18.1 Å². The summed E-state index contributed by atoms with van der Waals surface area (Å²) in [6.45, 7) is 0. The van der Waals surface area contributed by atoms with Crippen molar-refractivity contribution in [3.8, 4) is 22.6 Å². The molecule has 30 heavy (non-hydrogen) atoms. The minimum atomic E-state index is -0.204. The molecule has 2 aromatic carbocycles. The van der Waals surface area contributed by atoms with E-state index in [2.05, 4.69) is 23.4 Å². The number of benzene rings is 2. The molecule has 2 aromatic heterocycles. The Morgan fingerprint density at radius 1 is 1.10 bits per heavy atom. The molecule has 1 aliphatic rings. The summed E-state index contributed by atoms with van der Waals surface area (Å²) in [5.74, 6) is 0.581. The summed E-state index contributed by atoms with van der Waals surface area (Å²) >= 11 is 13.3. The molecule has 4 nitrogen and oxygen atoms in total.